The van der Waals surface area contributed by atoms with Gasteiger partial charge in [0.25, 0.3) is 5.91 Å². The van der Waals surface area contributed by atoms with Crippen LogP contribution in [0.2, 0.25) is 5.02 Å². The molecule has 0 saturated carbocycles. The van der Waals surface area contributed by atoms with E-state index in [2.05, 4.69) is 5.32 Å². The number of carbonyl (C=O) groups excluding carboxylic acids is 1. The Morgan fingerprint density at radius 2 is 1.43 bits per heavy atom. The molecule has 190 valence electrons. The van der Waals surface area contributed by atoms with Crippen LogP contribution >= 0.6 is 11.6 Å². The minimum Gasteiger partial charge on any atom is -0.457 e. The fourth-order valence-electron chi connectivity index (χ4n) is 3.66. The summed E-state index contributed by atoms with van der Waals surface area (Å²) in [5.41, 5.74) is 4.57. The van der Waals surface area contributed by atoms with E-state index in [-0.39, 0.29) is 12.5 Å². The number of hydrogen-bond acceptors (Lipinski definition) is 4. The summed E-state index contributed by atoms with van der Waals surface area (Å²) in [4.78, 5) is 12.7. The maximum Gasteiger partial charge on any atom is 0.255 e. The lowest BCUT2D eigenvalue weighted by Crippen LogP contribution is -2.29. The normalized spacial score (nSPS) is 11.1. The van der Waals surface area contributed by atoms with Crippen molar-refractivity contribution in [1.82, 2.24) is 0 Å². The first kappa shape index (κ1) is 26.3. The van der Waals surface area contributed by atoms with Crippen molar-refractivity contribution in [3.05, 3.63) is 118 Å². The summed E-state index contributed by atoms with van der Waals surface area (Å²) in [5.74, 6) is 1.02. The zero-order chi connectivity index (χ0) is 26.6. The number of rotatable bonds is 8. The molecule has 0 aliphatic heterocycles. The molecule has 37 heavy (non-hydrogen) atoms. The molecule has 4 aromatic carbocycles. The first-order chi connectivity index (χ1) is 17.6. The molecule has 8 heteroatoms. The number of aryl methyl sites for hydroxylation is 2. The van der Waals surface area contributed by atoms with Gasteiger partial charge >= 0.3 is 0 Å². The Bertz CT molecular complexity index is 1500. The second-order valence-electron chi connectivity index (χ2n) is 8.77. The lowest BCUT2D eigenvalue weighted by molar-refractivity contribution is 0.102. The first-order valence-electron chi connectivity index (χ1n) is 11.6. The Morgan fingerprint density at radius 1 is 0.838 bits per heavy atom. The third-order valence-corrected chi connectivity index (χ3v) is 7.28. The molecule has 0 atom stereocenters. The van der Waals surface area contributed by atoms with Crippen LogP contribution in [0.4, 0.5) is 11.4 Å². The van der Waals surface area contributed by atoms with E-state index < -0.39 is 10.0 Å². The highest BCUT2D eigenvalue weighted by Gasteiger charge is 2.19. The largest absolute Gasteiger partial charge is 0.457 e. The van der Waals surface area contributed by atoms with E-state index in [4.69, 9.17) is 16.3 Å². The molecule has 0 radical (unpaired) electrons. The van der Waals surface area contributed by atoms with E-state index in [1.165, 1.54) is 10.6 Å². The molecule has 4 aromatic rings. The Balaban J connectivity index is 1.41. The predicted molar refractivity (Wildman–Crippen MR) is 149 cm³/mol. The highest BCUT2D eigenvalue weighted by molar-refractivity contribution is 7.92. The van der Waals surface area contributed by atoms with E-state index in [0.717, 1.165) is 16.7 Å². The number of amides is 1. The first-order valence-corrected chi connectivity index (χ1v) is 13.8. The van der Waals surface area contributed by atoms with E-state index in [1.54, 1.807) is 78.9 Å². The van der Waals surface area contributed by atoms with Gasteiger partial charge in [0.2, 0.25) is 10.0 Å². The average molecular weight is 535 g/mol. The maximum absolute atomic E-state index is 12.7. The summed E-state index contributed by atoms with van der Waals surface area (Å²) < 4.78 is 32.1. The number of anilines is 2. The smallest absolute Gasteiger partial charge is 0.255 e. The van der Waals surface area contributed by atoms with Crippen LogP contribution in [0.5, 0.6) is 11.5 Å². The van der Waals surface area contributed by atoms with Crippen molar-refractivity contribution in [2.45, 2.75) is 20.4 Å². The zero-order valence-electron chi connectivity index (χ0n) is 20.7. The molecule has 0 heterocycles. The molecule has 0 unspecified atom stereocenters. The molecule has 0 spiro atoms. The molecule has 0 saturated heterocycles. The van der Waals surface area contributed by atoms with Crippen LogP contribution in [0.3, 0.4) is 0 Å². The van der Waals surface area contributed by atoms with Gasteiger partial charge in [-0.3, -0.25) is 9.10 Å². The Labute approximate surface area is 222 Å². The quantitative estimate of drug-likeness (QED) is 0.265. The van der Waals surface area contributed by atoms with Gasteiger partial charge < -0.3 is 10.1 Å². The van der Waals surface area contributed by atoms with Gasteiger partial charge in [-0.2, -0.15) is 0 Å². The standard InChI is InChI=1S/C29H27ClN2O4S/c1-20-4-13-26(18-21(20)2)32(37(3,34)35)19-22-5-7-23(8-6-22)29(33)31-25-11-16-28(17-12-25)36-27-14-9-24(30)10-15-27/h4-18H,19H2,1-3H3,(H,31,33). The summed E-state index contributed by atoms with van der Waals surface area (Å²) in [5, 5.41) is 3.49. The molecule has 1 N–H and O–H groups in total. The molecule has 0 aromatic heterocycles. The van der Waals surface area contributed by atoms with Crippen molar-refractivity contribution in [2.24, 2.45) is 0 Å². The number of sulfonamides is 1. The van der Waals surface area contributed by atoms with Crippen LogP contribution in [-0.4, -0.2) is 20.6 Å². The van der Waals surface area contributed by atoms with Gasteiger partial charge in [-0.15, -0.1) is 0 Å². The SMILES string of the molecule is Cc1ccc(N(Cc2ccc(C(=O)Nc3ccc(Oc4ccc(Cl)cc4)cc3)cc2)S(C)(=O)=O)cc1C. The second-order valence-corrected chi connectivity index (χ2v) is 11.1. The molecule has 0 bridgehead atoms. The number of benzene rings is 4. The Hall–Kier alpha value is -3.81. The van der Waals surface area contributed by atoms with Gasteiger partial charge in [-0.25, -0.2) is 8.42 Å². The van der Waals surface area contributed by atoms with Crippen molar-refractivity contribution in [1.29, 1.82) is 0 Å². The minimum absolute atomic E-state index is 0.165. The fourth-order valence-corrected chi connectivity index (χ4v) is 4.66. The number of nitrogens with zero attached hydrogens (tertiary/aromatic N) is 1. The lowest BCUT2D eigenvalue weighted by atomic mass is 10.1. The molecule has 0 fully saturated rings. The van der Waals surface area contributed by atoms with Gasteiger partial charge in [0, 0.05) is 16.3 Å². The van der Waals surface area contributed by atoms with Crippen molar-refractivity contribution < 1.29 is 17.9 Å². The second kappa shape index (κ2) is 11.1. The van der Waals surface area contributed by atoms with E-state index in [0.29, 0.717) is 33.5 Å². The van der Waals surface area contributed by atoms with Gasteiger partial charge in [0.15, 0.2) is 0 Å². The van der Waals surface area contributed by atoms with E-state index in [1.807, 2.05) is 26.0 Å². The van der Waals surface area contributed by atoms with Crippen molar-refractivity contribution in [3.8, 4) is 11.5 Å². The Kier molecular flexibility index (Phi) is 7.86. The highest BCUT2D eigenvalue weighted by atomic mass is 35.5. The summed E-state index contributed by atoms with van der Waals surface area (Å²) >= 11 is 5.90. The molecule has 0 aliphatic carbocycles. The van der Waals surface area contributed by atoms with Crippen LogP contribution in [-0.2, 0) is 16.6 Å². The van der Waals surface area contributed by atoms with Crippen molar-refractivity contribution in [3.63, 3.8) is 0 Å². The van der Waals surface area contributed by atoms with Crippen LogP contribution in [0.25, 0.3) is 0 Å². The highest BCUT2D eigenvalue weighted by Crippen LogP contribution is 2.26. The number of ether oxygens (including phenoxy) is 1. The van der Waals surface area contributed by atoms with Crippen LogP contribution in [0, 0.1) is 13.8 Å². The summed E-state index contributed by atoms with van der Waals surface area (Å²) in [6.45, 7) is 4.10. The van der Waals surface area contributed by atoms with Crippen molar-refractivity contribution >= 4 is 38.9 Å². The number of carbonyl (C=O) groups is 1. The third kappa shape index (κ3) is 6.90. The third-order valence-electron chi connectivity index (χ3n) is 5.88. The molecule has 4 rings (SSSR count). The lowest BCUT2D eigenvalue weighted by Gasteiger charge is -2.23. The molecular formula is C29H27ClN2O4S. The van der Waals surface area contributed by atoms with Crippen LogP contribution in [0.15, 0.2) is 91.0 Å². The summed E-state index contributed by atoms with van der Waals surface area (Å²) in [6, 6.07) is 26.6. The molecule has 0 aliphatic rings. The number of hydrogen-bond donors (Lipinski definition) is 1. The van der Waals surface area contributed by atoms with Gasteiger partial charge in [-0.1, -0.05) is 29.8 Å². The molecule has 1 amide bonds. The monoisotopic (exact) mass is 534 g/mol. The van der Waals surface area contributed by atoms with Gasteiger partial charge in [0.1, 0.15) is 11.5 Å². The number of nitrogens with one attached hydrogen (secondary N) is 1. The fraction of sp³-hybridized carbons (Fsp3) is 0.138. The predicted octanol–water partition coefficient (Wildman–Crippen LogP) is 6.97. The van der Waals surface area contributed by atoms with Crippen molar-refractivity contribution in [2.75, 3.05) is 15.9 Å². The minimum atomic E-state index is -3.50. The average Bonchev–Trinajstić information content (AvgIpc) is 2.86. The molecule has 6 nitrogen and oxygen atoms in total. The van der Waals surface area contributed by atoms with E-state index in [9.17, 15) is 13.2 Å². The maximum atomic E-state index is 12.7. The van der Waals surface area contributed by atoms with Gasteiger partial charge in [0.05, 0.1) is 18.5 Å². The van der Waals surface area contributed by atoms with Gasteiger partial charge in [-0.05, 0) is 103 Å². The van der Waals surface area contributed by atoms with E-state index >= 15 is 0 Å². The molecular weight excluding hydrogens is 508 g/mol. The number of halogens is 1. The Morgan fingerprint density at radius 3 is 2.00 bits per heavy atom. The topological polar surface area (TPSA) is 75.7 Å². The summed E-state index contributed by atoms with van der Waals surface area (Å²) in [7, 11) is -3.50. The zero-order valence-corrected chi connectivity index (χ0v) is 22.3. The van der Waals surface area contributed by atoms with Crippen LogP contribution in [0.1, 0.15) is 27.0 Å². The summed E-state index contributed by atoms with van der Waals surface area (Å²) in [6.07, 6.45) is 1.19. The van der Waals surface area contributed by atoms with Crippen LogP contribution < -0.4 is 14.4 Å².